The van der Waals surface area contributed by atoms with Gasteiger partial charge in [-0.3, -0.25) is 9.10 Å². The molecule has 1 amide bonds. The zero-order chi connectivity index (χ0) is 24.2. The fourth-order valence-electron chi connectivity index (χ4n) is 2.65. The van der Waals surface area contributed by atoms with Crippen LogP contribution in [0.1, 0.15) is 0 Å². The first-order valence-electron chi connectivity index (χ1n) is 9.09. The van der Waals surface area contributed by atoms with E-state index >= 15 is 0 Å². The SMILES string of the molecule is CS(=O)(=O)N(CC(=O)Nc1ccc(S(=O)(=O)Nc2ncccn2)cc1)c1cccc(Cl)c1Cl. The number of hydrogen-bond acceptors (Lipinski definition) is 7. The third kappa shape index (κ3) is 6.32. The highest BCUT2D eigenvalue weighted by Crippen LogP contribution is 2.33. The molecule has 0 bridgehead atoms. The molecule has 3 aromatic rings. The van der Waals surface area contributed by atoms with Gasteiger partial charge in [-0.25, -0.2) is 31.5 Å². The highest BCUT2D eigenvalue weighted by atomic mass is 35.5. The summed E-state index contributed by atoms with van der Waals surface area (Å²) in [7, 11) is -7.81. The second-order valence-corrected chi connectivity index (χ2v) is 11.0. The Morgan fingerprint density at radius 3 is 2.21 bits per heavy atom. The number of carbonyl (C=O) groups excluding carboxylic acids is 1. The number of halogens is 2. The summed E-state index contributed by atoms with van der Waals surface area (Å²) in [4.78, 5) is 20.0. The van der Waals surface area contributed by atoms with E-state index in [9.17, 15) is 21.6 Å². The molecule has 33 heavy (non-hydrogen) atoms. The topological polar surface area (TPSA) is 138 Å². The Morgan fingerprint density at radius 1 is 0.970 bits per heavy atom. The summed E-state index contributed by atoms with van der Waals surface area (Å²) in [5.74, 6) is -0.765. The highest BCUT2D eigenvalue weighted by molar-refractivity contribution is 7.92. The molecule has 2 aromatic carbocycles. The summed E-state index contributed by atoms with van der Waals surface area (Å²) in [5, 5.41) is 2.64. The van der Waals surface area contributed by atoms with Gasteiger partial charge in [0.25, 0.3) is 10.0 Å². The van der Waals surface area contributed by atoms with Crippen LogP contribution in [0.2, 0.25) is 10.0 Å². The molecule has 0 aliphatic rings. The first-order chi connectivity index (χ1) is 15.5. The number of hydrogen-bond donors (Lipinski definition) is 2. The molecule has 0 fully saturated rings. The van der Waals surface area contributed by atoms with Crippen LogP contribution < -0.4 is 14.3 Å². The number of sulfonamides is 2. The number of aromatic nitrogens is 2. The first kappa shape index (κ1) is 24.7. The Hall–Kier alpha value is -2.93. The van der Waals surface area contributed by atoms with Crippen molar-refractivity contribution in [2.75, 3.05) is 27.1 Å². The summed E-state index contributed by atoms with van der Waals surface area (Å²) in [5.41, 5.74) is 0.304. The van der Waals surface area contributed by atoms with E-state index < -0.39 is 32.5 Å². The molecule has 0 atom stereocenters. The molecule has 0 radical (unpaired) electrons. The quantitative estimate of drug-likeness (QED) is 0.457. The lowest BCUT2D eigenvalue weighted by Crippen LogP contribution is -2.37. The van der Waals surface area contributed by atoms with Gasteiger partial charge >= 0.3 is 0 Å². The molecule has 3 rings (SSSR count). The number of nitrogens with one attached hydrogen (secondary N) is 2. The van der Waals surface area contributed by atoms with Crippen molar-refractivity contribution >= 4 is 66.5 Å². The Morgan fingerprint density at radius 2 is 1.61 bits per heavy atom. The van der Waals surface area contributed by atoms with Crippen LogP contribution in [0, 0.1) is 0 Å². The molecule has 14 heteroatoms. The maximum absolute atomic E-state index is 12.5. The number of rotatable bonds is 8. The number of nitrogens with zero attached hydrogens (tertiary/aromatic N) is 3. The van der Waals surface area contributed by atoms with Crippen LogP contribution in [-0.2, 0) is 24.8 Å². The number of anilines is 3. The molecule has 0 saturated carbocycles. The van der Waals surface area contributed by atoms with Gasteiger partial charge in [-0.05, 0) is 42.5 Å². The highest BCUT2D eigenvalue weighted by Gasteiger charge is 2.24. The van der Waals surface area contributed by atoms with Gasteiger partial charge in [0.05, 0.1) is 26.9 Å². The van der Waals surface area contributed by atoms with Crippen molar-refractivity contribution in [1.82, 2.24) is 9.97 Å². The van der Waals surface area contributed by atoms with E-state index in [1.54, 1.807) is 6.07 Å². The van der Waals surface area contributed by atoms with Gasteiger partial charge < -0.3 is 5.32 Å². The maximum Gasteiger partial charge on any atom is 0.264 e. The minimum atomic E-state index is -3.94. The van der Waals surface area contributed by atoms with E-state index in [0.717, 1.165) is 10.6 Å². The van der Waals surface area contributed by atoms with Crippen molar-refractivity contribution in [3.8, 4) is 0 Å². The molecule has 0 aliphatic carbocycles. The van der Waals surface area contributed by atoms with Crippen molar-refractivity contribution in [3.05, 3.63) is 71.0 Å². The molecule has 0 spiro atoms. The molecular weight excluding hydrogens is 513 g/mol. The molecule has 1 heterocycles. The lowest BCUT2D eigenvalue weighted by atomic mass is 10.3. The van der Waals surface area contributed by atoms with Crippen LogP contribution in [-0.4, -0.2) is 45.5 Å². The number of benzene rings is 2. The molecule has 0 aliphatic heterocycles. The summed E-state index contributed by atoms with van der Waals surface area (Å²) in [6.45, 7) is -0.578. The van der Waals surface area contributed by atoms with Gasteiger partial charge in [0.2, 0.25) is 21.9 Å². The monoisotopic (exact) mass is 529 g/mol. The van der Waals surface area contributed by atoms with Gasteiger partial charge in [-0.1, -0.05) is 29.3 Å². The Bertz CT molecular complexity index is 1370. The van der Waals surface area contributed by atoms with Crippen molar-refractivity contribution < 1.29 is 21.6 Å². The van der Waals surface area contributed by atoms with Crippen LogP contribution in [0.25, 0.3) is 0 Å². The zero-order valence-corrected chi connectivity index (χ0v) is 20.1. The average molecular weight is 530 g/mol. The predicted molar refractivity (Wildman–Crippen MR) is 127 cm³/mol. The van der Waals surface area contributed by atoms with Gasteiger partial charge in [0, 0.05) is 18.1 Å². The van der Waals surface area contributed by atoms with Gasteiger partial charge in [-0.15, -0.1) is 0 Å². The van der Waals surface area contributed by atoms with E-state index in [0.29, 0.717) is 0 Å². The van der Waals surface area contributed by atoms with E-state index in [2.05, 4.69) is 20.0 Å². The maximum atomic E-state index is 12.5. The number of amides is 1. The number of carbonyl (C=O) groups is 1. The van der Waals surface area contributed by atoms with Crippen molar-refractivity contribution in [3.63, 3.8) is 0 Å². The van der Waals surface area contributed by atoms with E-state index in [1.165, 1.54) is 54.9 Å². The van der Waals surface area contributed by atoms with E-state index in [1.807, 2.05) is 0 Å². The standard InChI is InChI=1S/C19H17Cl2N5O5S2/c1-32(28,29)26(16-5-2-4-15(20)18(16)21)12-17(27)24-13-6-8-14(9-7-13)33(30,31)25-19-22-10-3-11-23-19/h2-11H,12H2,1H3,(H,24,27)(H,22,23,25). The molecule has 0 unspecified atom stereocenters. The van der Waals surface area contributed by atoms with Gasteiger partial charge in [0.1, 0.15) is 6.54 Å². The smallest absolute Gasteiger partial charge is 0.264 e. The molecule has 174 valence electrons. The molecule has 10 nitrogen and oxygen atoms in total. The van der Waals surface area contributed by atoms with Crippen molar-refractivity contribution in [2.45, 2.75) is 4.90 Å². The van der Waals surface area contributed by atoms with Crippen molar-refractivity contribution in [1.29, 1.82) is 0 Å². The van der Waals surface area contributed by atoms with Crippen LogP contribution in [0.5, 0.6) is 0 Å². The second kappa shape index (κ2) is 9.91. The Balaban J connectivity index is 1.74. The largest absolute Gasteiger partial charge is 0.325 e. The average Bonchev–Trinajstić information content (AvgIpc) is 2.74. The van der Waals surface area contributed by atoms with Crippen molar-refractivity contribution in [2.24, 2.45) is 0 Å². The summed E-state index contributed by atoms with van der Waals surface area (Å²) in [6, 6.07) is 11.2. The Kier molecular flexibility index (Phi) is 7.42. The van der Waals surface area contributed by atoms with Gasteiger partial charge in [-0.2, -0.15) is 0 Å². The van der Waals surface area contributed by atoms with Crippen LogP contribution in [0.4, 0.5) is 17.3 Å². The molecular formula is C19H17Cl2N5O5S2. The van der Waals surface area contributed by atoms with E-state index in [-0.39, 0.29) is 32.3 Å². The lowest BCUT2D eigenvalue weighted by Gasteiger charge is -2.23. The minimum absolute atomic E-state index is 0.0122. The summed E-state index contributed by atoms with van der Waals surface area (Å²) >= 11 is 12.1. The molecule has 0 saturated heterocycles. The van der Waals surface area contributed by atoms with Crippen LogP contribution in [0.3, 0.4) is 0 Å². The van der Waals surface area contributed by atoms with E-state index in [4.69, 9.17) is 23.2 Å². The third-order valence-electron chi connectivity index (χ3n) is 4.13. The van der Waals surface area contributed by atoms with Crippen LogP contribution in [0.15, 0.2) is 65.8 Å². The van der Waals surface area contributed by atoms with Gasteiger partial charge in [0.15, 0.2) is 0 Å². The Labute approximate surface area is 200 Å². The first-order valence-corrected chi connectivity index (χ1v) is 13.2. The summed E-state index contributed by atoms with van der Waals surface area (Å²) < 4.78 is 52.4. The third-order valence-corrected chi connectivity index (χ3v) is 7.41. The fourth-order valence-corrected chi connectivity index (χ4v) is 4.91. The minimum Gasteiger partial charge on any atom is -0.325 e. The fraction of sp³-hybridized carbons (Fsp3) is 0.105. The van der Waals surface area contributed by atoms with Crippen LogP contribution >= 0.6 is 23.2 Å². The molecule has 2 N–H and O–H groups in total. The predicted octanol–water partition coefficient (Wildman–Crippen LogP) is 2.99. The normalized spacial score (nSPS) is 11.6. The zero-order valence-electron chi connectivity index (χ0n) is 16.9. The second-order valence-electron chi connectivity index (χ2n) is 6.59. The molecule has 1 aromatic heterocycles. The lowest BCUT2D eigenvalue weighted by molar-refractivity contribution is -0.114. The summed E-state index contributed by atoms with van der Waals surface area (Å²) in [6.07, 6.45) is 3.71.